The molecule has 0 spiro atoms. The highest BCUT2D eigenvalue weighted by molar-refractivity contribution is 7.86. The first kappa shape index (κ1) is 13.9. The van der Waals surface area contributed by atoms with E-state index < -0.39 is 10.2 Å². The van der Waals surface area contributed by atoms with Crippen molar-refractivity contribution in [1.29, 1.82) is 0 Å². The van der Waals surface area contributed by atoms with Gasteiger partial charge in [0.1, 0.15) is 0 Å². The molecule has 0 N–H and O–H groups in total. The Kier molecular flexibility index (Phi) is 4.44. The van der Waals surface area contributed by atoms with Gasteiger partial charge in [-0.2, -0.15) is 17.0 Å². The zero-order valence-electron chi connectivity index (χ0n) is 10.4. The smallest absolute Gasteiger partial charge is 0.281 e. The monoisotopic (exact) mass is 259 g/mol. The lowest BCUT2D eigenvalue weighted by Gasteiger charge is -2.21. The highest BCUT2D eigenvalue weighted by atomic mass is 32.2. The maximum atomic E-state index is 11.8. The fourth-order valence-electron chi connectivity index (χ4n) is 1.33. The number of aromatic nitrogens is 1. The number of hydrogen-bond donors (Lipinski definition) is 0. The van der Waals surface area contributed by atoms with E-state index in [4.69, 9.17) is 4.74 Å². The Hall–Kier alpha value is -1.18. The lowest BCUT2D eigenvalue weighted by Crippen LogP contribution is -2.36. The average Bonchev–Trinajstić information content (AvgIpc) is 2.29. The lowest BCUT2D eigenvalue weighted by molar-refractivity contribution is 0.375. The standard InChI is InChI=1S/C10H17N3O3S/c1-12(2)17(14,15)13(3)8-9-6-5-7-11-10(9)16-4/h5-7H,8H2,1-4H3. The Balaban J connectivity index is 2.92. The summed E-state index contributed by atoms with van der Waals surface area (Å²) in [7, 11) is 2.59. The van der Waals surface area contributed by atoms with Gasteiger partial charge in [0.05, 0.1) is 7.11 Å². The Morgan fingerprint density at radius 3 is 2.53 bits per heavy atom. The number of pyridine rings is 1. The van der Waals surface area contributed by atoms with Crippen molar-refractivity contribution in [2.75, 3.05) is 28.3 Å². The van der Waals surface area contributed by atoms with Gasteiger partial charge in [-0.05, 0) is 6.07 Å². The molecule has 96 valence electrons. The van der Waals surface area contributed by atoms with Crippen molar-refractivity contribution in [2.45, 2.75) is 6.54 Å². The first-order chi connectivity index (χ1) is 7.89. The molecule has 0 unspecified atom stereocenters. The number of methoxy groups -OCH3 is 1. The minimum Gasteiger partial charge on any atom is -0.481 e. The first-order valence-corrected chi connectivity index (χ1v) is 6.41. The van der Waals surface area contributed by atoms with Crippen molar-refractivity contribution in [3.63, 3.8) is 0 Å². The molecule has 0 fully saturated rings. The first-order valence-electron chi connectivity index (χ1n) is 5.01. The predicted molar refractivity (Wildman–Crippen MR) is 64.9 cm³/mol. The molecule has 17 heavy (non-hydrogen) atoms. The van der Waals surface area contributed by atoms with Crippen LogP contribution in [0.2, 0.25) is 0 Å². The summed E-state index contributed by atoms with van der Waals surface area (Å²) in [6.07, 6.45) is 1.60. The third-order valence-electron chi connectivity index (χ3n) is 2.29. The number of hydrogen-bond acceptors (Lipinski definition) is 4. The summed E-state index contributed by atoms with van der Waals surface area (Å²) in [6, 6.07) is 3.53. The second-order valence-electron chi connectivity index (χ2n) is 3.72. The van der Waals surface area contributed by atoms with Gasteiger partial charge in [-0.25, -0.2) is 4.98 Å². The van der Waals surface area contributed by atoms with Crippen molar-refractivity contribution in [3.05, 3.63) is 23.9 Å². The summed E-state index contributed by atoms with van der Waals surface area (Å²) >= 11 is 0. The topological polar surface area (TPSA) is 62.7 Å². The van der Waals surface area contributed by atoms with Crippen LogP contribution < -0.4 is 4.74 Å². The minimum absolute atomic E-state index is 0.220. The van der Waals surface area contributed by atoms with Gasteiger partial charge in [-0.15, -0.1) is 0 Å². The molecule has 0 radical (unpaired) electrons. The third-order valence-corrected chi connectivity index (χ3v) is 4.13. The van der Waals surface area contributed by atoms with Crippen molar-refractivity contribution in [2.24, 2.45) is 0 Å². The maximum absolute atomic E-state index is 11.8. The largest absolute Gasteiger partial charge is 0.481 e. The summed E-state index contributed by atoms with van der Waals surface area (Å²) in [5.41, 5.74) is 0.725. The van der Waals surface area contributed by atoms with Crippen molar-refractivity contribution >= 4 is 10.2 Å². The fourth-order valence-corrected chi connectivity index (χ4v) is 2.19. The van der Waals surface area contributed by atoms with Crippen LogP contribution in [0.3, 0.4) is 0 Å². The second-order valence-corrected chi connectivity index (χ2v) is 5.97. The molecule has 1 heterocycles. The van der Waals surface area contributed by atoms with Gasteiger partial charge in [0.15, 0.2) is 0 Å². The normalized spacial score (nSPS) is 12.1. The molecule has 0 atom stereocenters. The molecular formula is C10H17N3O3S. The Labute approximate surface area is 102 Å². The van der Waals surface area contributed by atoms with Crippen LogP contribution >= 0.6 is 0 Å². The van der Waals surface area contributed by atoms with E-state index in [2.05, 4.69) is 4.98 Å². The van der Waals surface area contributed by atoms with Crippen LogP contribution in [0.4, 0.5) is 0 Å². The summed E-state index contributed by atoms with van der Waals surface area (Å²) < 4.78 is 31.1. The van der Waals surface area contributed by atoms with Crippen LogP contribution in [0, 0.1) is 0 Å². The minimum atomic E-state index is -3.42. The summed E-state index contributed by atoms with van der Waals surface area (Å²) in [4.78, 5) is 4.02. The zero-order valence-corrected chi connectivity index (χ0v) is 11.2. The van der Waals surface area contributed by atoms with E-state index in [0.29, 0.717) is 5.88 Å². The van der Waals surface area contributed by atoms with Gasteiger partial charge in [0.2, 0.25) is 5.88 Å². The number of nitrogens with zero attached hydrogens (tertiary/aromatic N) is 3. The molecule has 0 aliphatic carbocycles. The molecule has 0 bridgehead atoms. The van der Waals surface area contributed by atoms with Crippen LogP contribution in [0.5, 0.6) is 5.88 Å². The molecule has 6 nitrogen and oxygen atoms in total. The fraction of sp³-hybridized carbons (Fsp3) is 0.500. The molecular weight excluding hydrogens is 242 g/mol. The second kappa shape index (κ2) is 5.44. The SMILES string of the molecule is COc1ncccc1CN(C)S(=O)(=O)N(C)C. The Morgan fingerprint density at radius 2 is 2.00 bits per heavy atom. The highest BCUT2D eigenvalue weighted by Gasteiger charge is 2.21. The summed E-state index contributed by atoms with van der Waals surface area (Å²) in [5.74, 6) is 0.438. The summed E-state index contributed by atoms with van der Waals surface area (Å²) in [5, 5.41) is 0. The van der Waals surface area contributed by atoms with Crippen LogP contribution in [0.15, 0.2) is 18.3 Å². The zero-order chi connectivity index (χ0) is 13.1. The van der Waals surface area contributed by atoms with Crippen LogP contribution in [-0.4, -0.2) is 50.3 Å². The Morgan fingerprint density at radius 1 is 1.35 bits per heavy atom. The average molecular weight is 259 g/mol. The van der Waals surface area contributed by atoms with Crippen molar-refractivity contribution in [3.8, 4) is 5.88 Å². The lowest BCUT2D eigenvalue weighted by atomic mass is 10.3. The molecule has 0 aliphatic rings. The third kappa shape index (κ3) is 3.15. The molecule has 1 rings (SSSR count). The van der Waals surface area contributed by atoms with Crippen molar-refractivity contribution in [1.82, 2.24) is 13.6 Å². The molecule has 0 aromatic carbocycles. The van der Waals surface area contributed by atoms with Gasteiger partial charge >= 0.3 is 0 Å². The highest BCUT2D eigenvalue weighted by Crippen LogP contribution is 2.17. The molecule has 1 aromatic rings. The molecule has 7 heteroatoms. The van der Waals surface area contributed by atoms with Gasteiger partial charge in [-0.3, -0.25) is 0 Å². The summed E-state index contributed by atoms with van der Waals surface area (Å²) in [6.45, 7) is 0.220. The number of ether oxygens (including phenoxy) is 1. The van der Waals surface area contributed by atoms with E-state index in [9.17, 15) is 8.42 Å². The van der Waals surface area contributed by atoms with E-state index in [1.165, 1.54) is 32.6 Å². The van der Waals surface area contributed by atoms with Gasteiger partial charge < -0.3 is 4.74 Å². The van der Waals surface area contributed by atoms with Gasteiger partial charge in [-0.1, -0.05) is 6.07 Å². The van der Waals surface area contributed by atoms with Gasteiger partial charge in [0, 0.05) is 39.4 Å². The molecule has 1 aromatic heterocycles. The van der Waals surface area contributed by atoms with E-state index in [-0.39, 0.29) is 6.54 Å². The van der Waals surface area contributed by atoms with E-state index in [1.54, 1.807) is 18.3 Å². The quantitative estimate of drug-likeness (QED) is 0.764. The van der Waals surface area contributed by atoms with E-state index in [1.807, 2.05) is 0 Å². The van der Waals surface area contributed by atoms with Crippen LogP contribution in [0.1, 0.15) is 5.56 Å². The maximum Gasteiger partial charge on any atom is 0.281 e. The predicted octanol–water partition coefficient (Wildman–Crippen LogP) is 0.328. The Bertz CT molecular complexity index is 473. The molecule has 0 saturated carbocycles. The van der Waals surface area contributed by atoms with E-state index >= 15 is 0 Å². The molecule has 0 saturated heterocycles. The molecule has 0 aliphatic heterocycles. The van der Waals surface area contributed by atoms with Crippen LogP contribution in [-0.2, 0) is 16.8 Å². The molecule has 0 amide bonds. The van der Waals surface area contributed by atoms with E-state index in [0.717, 1.165) is 9.87 Å². The van der Waals surface area contributed by atoms with Gasteiger partial charge in [0.25, 0.3) is 10.2 Å². The van der Waals surface area contributed by atoms with Crippen molar-refractivity contribution < 1.29 is 13.2 Å². The van der Waals surface area contributed by atoms with Crippen LogP contribution in [0.25, 0.3) is 0 Å². The number of rotatable bonds is 5.